The summed E-state index contributed by atoms with van der Waals surface area (Å²) in [6.45, 7) is 1.77. The Morgan fingerprint density at radius 2 is 2.03 bits per heavy atom. The fraction of sp³-hybridized carbons (Fsp3) is 0.583. The molecule has 10 heteroatoms. The van der Waals surface area contributed by atoms with E-state index < -0.39 is 59.7 Å². The molecule has 3 saturated heterocycles. The molecule has 0 spiro atoms. The second-order valence-corrected chi connectivity index (χ2v) is 9.60. The Balaban J connectivity index is 1.60. The van der Waals surface area contributed by atoms with Crippen molar-refractivity contribution in [3.63, 3.8) is 0 Å². The summed E-state index contributed by atoms with van der Waals surface area (Å²) in [5.41, 5.74) is -1.74. The van der Waals surface area contributed by atoms with Gasteiger partial charge < -0.3 is 20.6 Å². The predicted molar refractivity (Wildman–Crippen MR) is 116 cm³/mol. The lowest BCUT2D eigenvalue weighted by atomic mass is 9.70. The maximum Gasteiger partial charge on any atom is 0.259 e. The van der Waals surface area contributed by atoms with E-state index in [1.54, 1.807) is 30.3 Å². The second-order valence-electron chi connectivity index (χ2n) is 9.60. The van der Waals surface area contributed by atoms with Crippen LogP contribution in [-0.4, -0.2) is 58.3 Å². The first kappa shape index (κ1) is 24.1. The number of nitriles is 1. The van der Waals surface area contributed by atoms with Crippen molar-refractivity contribution in [1.29, 1.82) is 5.26 Å². The van der Waals surface area contributed by atoms with Crippen molar-refractivity contribution in [1.82, 2.24) is 15.5 Å². The summed E-state index contributed by atoms with van der Waals surface area (Å²) in [7, 11) is 0. The van der Waals surface area contributed by atoms with Gasteiger partial charge in [0.1, 0.15) is 12.1 Å². The Morgan fingerprint density at radius 3 is 2.62 bits per heavy atom. The summed E-state index contributed by atoms with van der Waals surface area (Å²) in [5.74, 6) is -6.95. The number of nitrogens with zero attached hydrogens (tertiary/aromatic N) is 2. The third-order valence-electron chi connectivity index (χ3n) is 7.35. The van der Waals surface area contributed by atoms with Crippen molar-refractivity contribution >= 4 is 17.7 Å². The van der Waals surface area contributed by atoms with E-state index in [4.69, 9.17) is 0 Å². The number of fused-ring (bicyclic) bond motifs is 3. The third kappa shape index (κ3) is 4.25. The topological polar surface area (TPSA) is 123 Å². The van der Waals surface area contributed by atoms with E-state index in [2.05, 4.69) is 10.6 Å². The van der Waals surface area contributed by atoms with Crippen LogP contribution in [0.25, 0.3) is 0 Å². The van der Waals surface area contributed by atoms with E-state index in [9.17, 15) is 33.5 Å². The lowest BCUT2D eigenvalue weighted by molar-refractivity contribution is -0.203. The number of carbonyl (C=O) groups excluding carboxylic acids is 3. The molecule has 1 saturated carbocycles. The van der Waals surface area contributed by atoms with Crippen LogP contribution in [0.1, 0.15) is 44.6 Å². The third-order valence-corrected chi connectivity index (χ3v) is 7.35. The maximum atomic E-state index is 14.9. The van der Waals surface area contributed by atoms with Gasteiger partial charge in [-0.25, -0.2) is 8.78 Å². The number of aliphatic hydroxyl groups is 1. The molecule has 3 N–H and O–H groups in total. The fourth-order valence-electron chi connectivity index (χ4n) is 5.49. The minimum atomic E-state index is -3.16. The van der Waals surface area contributed by atoms with Crippen LogP contribution in [0.3, 0.4) is 0 Å². The van der Waals surface area contributed by atoms with Crippen LogP contribution >= 0.6 is 0 Å². The molecule has 1 aromatic rings. The normalized spacial score (nSPS) is 30.1. The predicted octanol–water partition coefficient (Wildman–Crippen LogP) is 1.44. The number of benzene rings is 1. The van der Waals surface area contributed by atoms with Gasteiger partial charge in [0, 0.05) is 24.9 Å². The van der Waals surface area contributed by atoms with Crippen LogP contribution in [0.4, 0.5) is 8.78 Å². The largest absolute Gasteiger partial charge is 0.376 e. The van der Waals surface area contributed by atoms with Gasteiger partial charge in [0.05, 0.1) is 12.0 Å². The maximum absolute atomic E-state index is 14.9. The zero-order valence-electron chi connectivity index (χ0n) is 18.8. The lowest BCUT2D eigenvalue weighted by Crippen LogP contribution is -2.70. The summed E-state index contributed by atoms with van der Waals surface area (Å²) in [5, 5.41) is 25.8. The number of hydrogen-bond acceptors (Lipinski definition) is 5. The molecule has 0 unspecified atom stereocenters. The molecular formula is C24H28F2N4O4. The molecule has 6 atom stereocenters. The first-order valence-electron chi connectivity index (χ1n) is 11.5. The highest BCUT2D eigenvalue weighted by atomic mass is 19.3. The first-order valence-corrected chi connectivity index (χ1v) is 11.5. The molecule has 2 bridgehead atoms. The molecule has 3 aliphatic heterocycles. The number of nitrogens with one attached hydrogen (secondary N) is 2. The van der Waals surface area contributed by atoms with E-state index in [1.165, 1.54) is 6.92 Å². The number of amides is 3. The van der Waals surface area contributed by atoms with Crippen LogP contribution in [0, 0.1) is 23.2 Å². The number of rotatable bonds is 6. The second kappa shape index (κ2) is 8.95. The van der Waals surface area contributed by atoms with Gasteiger partial charge in [0.15, 0.2) is 5.60 Å². The molecule has 8 nitrogen and oxygen atoms in total. The summed E-state index contributed by atoms with van der Waals surface area (Å²) in [4.78, 5) is 39.8. The monoisotopic (exact) mass is 474 g/mol. The van der Waals surface area contributed by atoms with Crippen molar-refractivity contribution in [2.75, 3.05) is 6.54 Å². The number of carbonyl (C=O) groups is 3. The number of piperidine rings is 2. The Hall–Kier alpha value is -3.06. The van der Waals surface area contributed by atoms with Gasteiger partial charge in [-0.15, -0.1) is 0 Å². The molecule has 0 radical (unpaired) electrons. The van der Waals surface area contributed by atoms with Gasteiger partial charge in [-0.3, -0.25) is 14.4 Å². The molecule has 182 valence electrons. The molecule has 1 aromatic carbocycles. The summed E-state index contributed by atoms with van der Waals surface area (Å²) < 4.78 is 29.7. The Morgan fingerprint density at radius 1 is 1.32 bits per heavy atom. The zero-order chi connectivity index (χ0) is 24.7. The average molecular weight is 475 g/mol. The van der Waals surface area contributed by atoms with Gasteiger partial charge in [0.2, 0.25) is 11.8 Å². The molecule has 0 aromatic heterocycles. The van der Waals surface area contributed by atoms with Gasteiger partial charge >= 0.3 is 0 Å². The molecule has 3 heterocycles. The van der Waals surface area contributed by atoms with Crippen molar-refractivity contribution in [2.24, 2.45) is 11.8 Å². The van der Waals surface area contributed by atoms with Crippen molar-refractivity contribution in [3.8, 4) is 6.07 Å². The van der Waals surface area contributed by atoms with Gasteiger partial charge in [-0.2, -0.15) is 5.26 Å². The molecule has 4 fully saturated rings. The summed E-state index contributed by atoms with van der Waals surface area (Å²) >= 11 is 0. The van der Waals surface area contributed by atoms with Crippen LogP contribution in [0.15, 0.2) is 30.3 Å². The molecule has 4 aliphatic rings. The van der Waals surface area contributed by atoms with E-state index in [1.807, 2.05) is 6.07 Å². The highest BCUT2D eigenvalue weighted by Crippen LogP contribution is 2.50. The van der Waals surface area contributed by atoms with E-state index >= 15 is 0 Å². The molecule has 5 rings (SSSR count). The standard InChI is InChI=1S/C24H28F2N4O4/c1-23(34,15-5-3-2-4-6-15)22(33)30-17-7-8-18(24(25,26)12-17)19(30)21(32)29-16(13-27)11-14-9-10-28-20(14)31/h2-6,14,16-19,34H,7-12H2,1H3,(H,28,31)(H,29,32)/t14-,16+,17-,18-,19+,23-/m0/s1. The molecular weight excluding hydrogens is 446 g/mol. The fourth-order valence-corrected chi connectivity index (χ4v) is 5.49. The van der Waals surface area contributed by atoms with E-state index in [0.717, 1.165) is 4.90 Å². The highest BCUT2D eigenvalue weighted by Gasteiger charge is 2.62. The van der Waals surface area contributed by atoms with Gasteiger partial charge in [-0.1, -0.05) is 30.3 Å². The Labute approximate surface area is 196 Å². The van der Waals surface area contributed by atoms with Crippen LogP contribution in [0.2, 0.25) is 0 Å². The van der Waals surface area contributed by atoms with Gasteiger partial charge in [0.25, 0.3) is 11.8 Å². The smallest absolute Gasteiger partial charge is 0.259 e. The lowest BCUT2D eigenvalue weighted by Gasteiger charge is -2.54. The van der Waals surface area contributed by atoms with Gasteiger partial charge in [-0.05, 0) is 38.2 Å². The molecule has 1 aliphatic carbocycles. The molecule has 34 heavy (non-hydrogen) atoms. The minimum absolute atomic E-state index is 0.0509. The zero-order valence-corrected chi connectivity index (χ0v) is 18.8. The minimum Gasteiger partial charge on any atom is -0.376 e. The van der Waals surface area contributed by atoms with Crippen molar-refractivity contribution in [3.05, 3.63) is 35.9 Å². The number of alkyl halides is 2. The summed E-state index contributed by atoms with van der Waals surface area (Å²) in [6, 6.07) is 6.55. The molecule has 3 amide bonds. The van der Waals surface area contributed by atoms with E-state index in [-0.39, 0.29) is 24.3 Å². The van der Waals surface area contributed by atoms with Crippen molar-refractivity contribution in [2.45, 2.75) is 68.7 Å². The SMILES string of the molecule is C[C@@](O)(C(=O)N1[C@H]2CC[C@@H]([C@@H]1C(=O)N[C@@H](C#N)C[C@@H]1CCNC1=O)C(F)(F)C2)c1ccccc1. The highest BCUT2D eigenvalue weighted by molar-refractivity contribution is 5.93. The Bertz CT molecular complexity index is 1010. The number of halogens is 2. The Kier molecular flexibility index (Phi) is 6.34. The average Bonchev–Trinajstić information content (AvgIpc) is 3.21. The quantitative estimate of drug-likeness (QED) is 0.576. The van der Waals surface area contributed by atoms with Crippen molar-refractivity contribution < 1.29 is 28.3 Å². The van der Waals surface area contributed by atoms with Crippen LogP contribution in [-0.2, 0) is 20.0 Å². The van der Waals surface area contributed by atoms with Crippen LogP contribution in [0.5, 0.6) is 0 Å². The first-order chi connectivity index (χ1) is 16.1. The van der Waals surface area contributed by atoms with E-state index in [0.29, 0.717) is 19.4 Å². The van der Waals surface area contributed by atoms with Crippen LogP contribution < -0.4 is 10.6 Å². The summed E-state index contributed by atoms with van der Waals surface area (Å²) in [6.07, 6.45) is 0.340. The number of hydrogen-bond donors (Lipinski definition) is 3.